The van der Waals surface area contributed by atoms with Gasteiger partial charge < -0.3 is 16.4 Å². The molecule has 2 aromatic rings. The fourth-order valence-electron chi connectivity index (χ4n) is 2.58. The summed E-state index contributed by atoms with van der Waals surface area (Å²) in [6.45, 7) is 2.32. The zero-order valence-corrected chi connectivity index (χ0v) is 16.6. The van der Waals surface area contributed by atoms with Crippen LogP contribution < -0.4 is 16.4 Å². The van der Waals surface area contributed by atoms with Gasteiger partial charge in [-0.15, -0.1) is 23.7 Å². The van der Waals surface area contributed by atoms with Crippen molar-refractivity contribution in [3.8, 4) is 0 Å². The van der Waals surface area contributed by atoms with E-state index in [0.717, 1.165) is 18.4 Å². The summed E-state index contributed by atoms with van der Waals surface area (Å²) >= 11 is 7.28. The van der Waals surface area contributed by atoms with Crippen molar-refractivity contribution in [2.75, 3.05) is 11.9 Å². The van der Waals surface area contributed by atoms with E-state index in [1.54, 1.807) is 30.3 Å². The second-order valence-corrected chi connectivity index (χ2v) is 7.73. The van der Waals surface area contributed by atoms with E-state index in [0.29, 0.717) is 32.9 Å². The van der Waals surface area contributed by atoms with Crippen LogP contribution in [0.4, 0.5) is 5.00 Å². The molecule has 1 aromatic heterocycles. The van der Waals surface area contributed by atoms with Crippen molar-refractivity contribution in [3.63, 3.8) is 0 Å². The van der Waals surface area contributed by atoms with Crippen LogP contribution in [0.3, 0.4) is 0 Å². The zero-order chi connectivity index (χ0) is 18.0. The number of halogens is 2. The number of amides is 2. The lowest BCUT2D eigenvalue weighted by Crippen LogP contribution is -2.38. The van der Waals surface area contributed by atoms with Crippen molar-refractivity contribution in [1.29, 1.82) is 0 Å². The minimum absolute atomic E-state index is 0. The first-order valence-corrected chi connectivity index (χ1v) is 9.35. The van der Waals surface area contributed by atoms with Crippen molar-refractivity contribution in [3.05, 3.63) is 51.4 Å². The Balaban J connectivity index is 0.00000243. The Hall–Kier alpha value is -1.60. The van der Waals surface area contributed by atoms with Crippen LogP contribution in [0.15, 0.2) is 30.3 Å². The smallest absolute Gasteiger partial charge is 0.261 e. The van der Waals surface area contributed by atoms with Crippen LogP contribution in [0.25, 0.3) is 0 Å². The molecule has 140 valence electrons. The van der Waals surface area contributed by atoms with Gasteiger partial charge in [0.15, 0.2) is 0 Å². The molecule has 26 heavy (non-hydrogen) atoms. The highest BCUT2D eigenvalue weighted by Crippen LogP contribution is 2.31. The molecule has 1 unspecified atom stereocenters. The largest absolute Gasteiger partial charge is 0.350 e. The highest BCUT2D eigenvalue weighted by molar-refractivity contribution is 7.18. The summed E-state index contributed by atoms with van der Waals surface area (Å²) in [5.74, 6) is 0.0848. The van der Waals surface area contributed by atoms with Gasteiger partial charge in [-0.3, -0.25) is 9.59 Å². The van der Waals surface area contributed by atoms with Crippen LogP contribution in [0.1, 0.15) is 38.4 Å². The maximum absolute atomic E-state index is 12.3. The van der Waals surface area contributed by atoms with Crippen molar-refractivity contribution in [1.82, 2.24) is 5.32 Å². The van der Waals surface area contributed by atoms with Crippen molar-refractivity contribution >= 4 is 52.2 Å². The number of rotatable bonds is 6. The number of nitrogens with two attached hydrogens (primary N) is 1. The average Bonchev–Trinajstić information content (AvgIpc) is 3.36. The van der Waals surface area contributed by atoms with Gasteiger partial charge in [-0.2, -0.15) is 0 Å². The average molecular weight is 414 g/mol. The third-order valence-electron chi connectivity index (χ3n) is 4.21. The SMILES string of the molecule is Cc1cc(NC(=O)c2ccccc2Cl)sc1C(=O)NCC(N)C1CC1.Cl. The predicted molar refractivity (Wildman–Crippen MR) is 109 cm³/mol. The summed E-state index contributed by atoms with van der Waals surface area (Å²) in [4.78, 5) is 25.2. The summed E-state index contributed by atoms with van der Waals surface area (Å²) in [7, 11) is 0. The normalized spacial score (nSPS) is 14.3. The standard InChI is InChI=1S/C18H20ClN3O2S.ClH/c1-10-8-15(22-17(23)12-4-2-3-5-13(12)19)25-16(10)18(24)21-9-14(20)11-6-7-11;/h2-5,8,11,14H,6-7,9,20H2,1H3,(H,21,24)(H,22,23);1H. The lowest BCUT2D eigenvalue weighted by molar-refractivity contribution is 0.0953. The molecule has 1 aliphatic carbocycles. The van der Waals surface area contributed by atoms with E-state index in [4.69, 9.17) is 17.3 Å². The molecule has 1 aromatic carbocycles. The molecule has 2 amide bonds. The number of anilines is 1. The fourth-order valence-corrected chi connectivity index (χ4v) is 3.78. The van der Waals surface area contributed by atoms with Crippen LogP contribution in [0, 0.1) is 12.8 Å². The number of aryl methyl sites for hydroxylation is 1. The Kier molecular flexibility index (Phi) is 7.06. The topological polar surface area (TPSA) is 84.2 Å². The van der Waals surface area contributed by atoms with Crippen LogP contribution in [-0.2, 0) is 0 Å². The molecule has 0 spiro atoms. The van der Waals surface area contributed by atoms with E-state index in [2.05, 4.69) is 10.6 Å². The highest BCUT2D eigenvalue weighted by atomic mass is 35.5. The maximum atomic E-state index is 12.3. The van der Waals surface area contributed by atoms with Crippen molar-refractivity contribution in [2.24, 2.45) is 11.7 Å². The summed E-state index contributed by atoms with van der Waals surface area (Å²) in [5.41, 5.74) is 7.23. The molecule has 0 aliphatic heterocycles. The molecular formula is C18H21Cl2N3O2S. The first-order valence-electron chi connectivity index (χ1n) is 8.16. The van der Waals surface area contributed by atoms with Crippen molar-refractivity contribution < 1.29 is 9.59 Å². The molecule has 0 radical (unpaired) electrons. The summed E-state index contributed by atoms with van der Waals surface area (Å²) in [6, 6.07) is 8.65. The maximum Gasteiger partial charge on any atom is 0.261 e. The first-order chi connectivity index (χ1) is 12.0. The fraction of sp³-hybridized carbons (Fsp3) is 0.333. The van der Waals surface area contributed by atoms with Gasteiger partial charge in [-0.1, -0.05) is 23.7 Å². The Morgan fingerprint density at radius 1 is 1.31 bits per heavy atom. The number of hydrogen-bond donors (Lipinski definition) is 3. The Morgan fingerprint density at radius 2 is 2.00 bits per heavy atom. The molecule has 1 atom stereocenters. The molecular weight excluding hydrogens is 393 g/mol. The minimum atomic E-state index is -0.297. The molecule has 8 heteroatoms. The van der Waals surface area contributed by atoms with E-state index in [-0.39, 0.29) is 30.3 Å². The molecule has 4 N–H and O–H groups in total. The predicted octanol–water partition coefficient (Wildman–Crippen LogP) is 3.85. The van der Waals surface area contributed by atoms with Gasteiger partial charge in [0.2, 0.25) is 0 Å². The van der Waals surface area contributed by atoms with Gasteiger partial charge in [0.1, 0.15) is 0 Å². The second kappa shape index (κ2) is 8.86. The quantitative estimate of drug-likeness (QED) is 0.671. The van der Waals surface area contributed by atoms with Gasteiger partial charge in [0.25, 0.3) is 11.8 Å². The van der Waals surface area contributed by atoms with Gasteiger partial charge >= 0.3 is 0 Å². The molecule has 1 aliphatic rings. The van der Waals surface area contributed by atoms with Crippen LogP contribution in [0.2, 0.25) is 5.02 Å². The van der Waals surface area contributed by atoms with Crippen LogP contribution in [-0.4, -0.2) is 24.4 Å². The summed E-state index contributed by atoms with van der Waals surface area (Å²) in [5, 5.41) is 6.68. The van der Waals surface area contributed by atoms with E-state index in [9.17, 15) is 9.59 Å². The van der Waals surface area contributed by atoms with Crippen LogP contribution >= 0.6 is 35.3 Å². The van der Waals surface area contributed by atoms with Crippen molar-refractivity contribution in [2.45, 2.75) is 25.8 Å². The minimum Gasteiger partial charge on any atom is -0.350 e. The molecule has 5 nitrogen and oxygen atoms in total. The van der Waals surface area contributed by atoms with E-state index in [1.165, 1.54) is 11.3 Å². The number of carbonyl (C=O) groups excluding carboxylic acids is 2. The number of thiophene rings is 1. The monoisotopic (exact) mass is 413 g/mol. The lowest BCUT2D eigenvalue weighted by atomic mass is 10.2. The van der Waals surface area contributed by atoms with Gasteiger partial charge in [0, 0.05) is 12.6 Å². The third kappa shape index (κ3) is 4.98. The second-order valence-electron chi connectivity index (χ2n) is 6.27. The number of nitrogens with one attached hydrogen (secondary N) is 2. The van der Waals surface area contributed by atoms with E-state index >= 15 is 0 Å². The Labute approximate surface area is 167 Å². The Bertz CT molecular complexity index is 805. The highest BCUT2D eigenvalue weighted by Gasteiger charge is 2.28. The number of hydrogen-bond acceptors (Lipinski definition) is 4. The number of benzene rings is 1. The summed E-state index contributed by atoms with van der Waals surface area (Å²) in [6.07, 6.45) is 2.29. The lowest BCUT2D eigenvalue weighted by Gasteiger charge is -2.11. The molecule has 0 bridgehead atoms. The molecule has 3 rings (SSSR count). The summed E-state index contributed by atoms with van der Waals surface area (Å²) < 4.78 is 0. The molecule has 1 heterocycles. The third-order valence-corrected chi connectivity index (χ3v) is 5.69. The van der Waals surface area contributed by atoms with Crippen LogP contribution in [0.5, 0.6) is 0 Å². The molecule has 0 saturated heterocycles. The van der Waals surface area contributed by atoms with Gasteiger partial charge in [-0.25, -0.2) is 0 Å². The molecule has 1 fully saturated rings. The van der Waals surface area contributed by atoms with E-state index in [1.807, 2.05) is 6.92 Å². The van der Waals surface area contributed by atoms with Gasteiger partial charge in [-0.05, 0) is 49.4 Å². The number of carbonyl (C=O) groups is 2. The first kappa shape index (κ1) is 20.7. The van der Waals surface area contributed by atoms with E-state index < -0.39 is 0 Å². The van der Waals surface area contributed by atoms with Gasteiger partial charge in [0.05, 0.1) is 20.5 Å². The zero-order valence-electron chi connectivity index (χ0n) is 14.3. The Morgan fingerprint density at radius 3 is 2.65 bits per heavy atom. The molecule has 1 saturated carbocycles.